The highest BCUT2D eigenvalue weighted by molar-refractivity contribution is 5.95. The number of carbonyl (C=O) groups is 1. The number of hydrogen-bond acceptors (Lipinski definition) is 3. The Labute approximate surface area is 142 Å². The van der Waals surface area contributed by atoms with Crippen LogP contribution in [0.3, 0.4) is 0 Å². The Kier molecular flexibility index (Phi) is 5.23. The number of nitrogen functional groups attached to an aromatic ring is 1. The van der Waals surface area contributed by atoms with E-state index in [-0.39, 0.29) is 5.91 Å². The number of likely N-dealkylation sites (tertiary alicyclic amines) is 1. The third-order valence-corrected chi connectivity index (χ3v) is 4.32. The zero-order valence-corrected chi connectivity index (χ0v) is 13.7. The van der Waals surface area contributed by atoms with Crippen molar-refractivity contribution in [3.05, 3.63) is 65.7 Å². The molecule has 124 valence electrons. The van der Waals surface area contributed by atoms with Crippen molar-refractivity contribution >= 4 is 17.3 Å². The summed E-state index contributed by atoms with van der Waals surface area (Å²) in [5.41, 5.74) is 11.9. The second kappa shape index (κ2) is 7.75. The molecule has 1 heterocycles. The number of amides is 1. The van der Waals surface area contributed by atoms with Crippen LogP contribution in [-0.4, -0.2) is 24.7 Å². The van der Waals surface area contributed by atoms with Gasteiger partial charge in [-0.25, -0.2) is 5.43 Å². The van der Waals surface area contributed by atoms with Crippen molar-refractivity contribution in [3.8, 4) is 0 Å². The molecule has 0 aliphatic carbocycles. The minimum atomic E-state index is -0.193. The summed E-state index contributed by atoms with van der Waals surface area (Å²) < 4.78 is 0. The Morgan fingerprint density at radius 1 is 1.04 bits per heavy atom. The Hall–Kier alpha value is -2.66. The first-order chi connectivity index (χ1) is 11.7. The molecule has 0 radical (unpaired) electrons. The van der Waals surface area contributed by atoms with E-state index in [4.69, 9.17) is 5.73 Å². The predicted molar refractivity (Wildman–Crippen MR) is 95.8 cm³/mol. The highest BCUT2D eigenvalue weighted by atomic mass is 16.2. The van der Waals surface area contributed by atoms with Gasteiger partial charge in [-0.1, -0.05) is 30.3 Å². The summed E-state index contributed by atoms with van der Waals surface area (Å²) in [6.45, 7) is 3.14. The number of benzene rings is 2. The lowest BCUT2D eigenvalue weighted by molar-refractivity contribution is -0.914. The van der Waals surface area contributed by atoms with Crippen LogP contribution in [0.25, 0.3) is 0 Å². The molecule has 1 aliphatic heterocycles. The maximum Gasteiger partial charge on any atom is 0.271 e. The van der Waals surface area contributed by atoms with Gasteiger partial charge in [-0.3, -0.25) is 4.79 Å². The predicted octanol–water partition coefficient (Wildman–Crippen LogP) is 1.23. The van der Waals surface area contributed by atoms with Crippen LogP contribution in [0.1, 0.15) is 28.8 Å². The van der Waals surface area contributed by atoms with Crippen molar-refractivity contribution in [1.82, 2.24) is 5.43 Å². The van der Waals surface area contributed by atoms with Crippen molar-refractivity contribution < 1.29 is 9.69 Å². The van der Waals surface area contributed by atoms with E-state index in [9.17, 15) is 4.79 Å². The van der Waals surface area contributed by atoms with Gasteiger partial charge in [0.15, 0.2) is 0 Å². The largest absolute Gasteiger partial charge is 0.399 e. The topological polar surface area (TPSA) is 71.9 Å². The summed E-state index contributed by atoms with van der Waals surface area (Å²) in [6, 6.07) is 17.4. The van der Waals surface area contributed by atoms with Gasteiger partial charge in [0.25, 0.3) is 5.91 Å². The van der Waals surface area contributed by atoms with E-state index >= 15 is 0 Å². The van der Waals surface area contributed by atoms with E-state index in [1.807, 2.05) is 6.07 Å². The number of quaternary nitrogens is 1. The number of rotatable bonds is 4. The van der Waals surface area contributed by atoms with Gasteiger partial charge in [-0.05, 0) is 24.3 Å². The summed E-state index contributed by atoms with van der Waals surface area (Å²) >= 11 is 0. The van der Waals surface area contributed by atoms with Gasteiger partial charge in [-0.15, -0.1) is 0 Å². The summed E-state index contributed by atoms with van der Waals surface area (Å²) in [7, 11) is 0. The van der Waals surface area contributed by atoms with E-state index in [2.05, 4.69) is 34.8 Å². The molecule has 0 bridgehead atoms. The molecule has 2 aromatic rings. The van der Waals surface area contributed by atoms with E-state index in [1.165, 1.54) is 5.56 Å². The molecule has 24 heavy (non-hydrogen) atoms. The quantitative estimate of drug-likeness (QED) is 0.585. The van der Waals surface area contributed by atoms with Crippen LogP contribution in [0.2, 0.25) is 0 Å². The molecule has 0 spiro atoms. The molecule has 2 aromatic carbocycles. The summed E-state index contributed by atoms with van der Waals surface area (Å²) in [4.78, 5) is 13.6. The molecule has 0 aromatic heterocycles. The molecular formula is C19H23N4O+. The Morgan fingerprint density at radius 2 is 1.71 bits per heavy atom. The summed E-state index contributed by atoms with van der Waals surface area (Å²) in [5, 5.41) is 4.30. The standard InChI is InChI=1S/C19H22N4O/c20-17-8-6-16(7-9-17)19(24)22-21-18-10-12-23(13-11-18)14-15-4-2-1-3-5-15/h1-9H,10-14,20H2,(H,22,24)/p+1. The number of anilines is 1. The van der Waals surface area contributed by atoms with E-state index in [0.717, 1.165) is 38.2 Å². The summed E-state index contributed by atoms with van der Waals surface area (Å²) in [5.74, 6) is -0.193. The number of piperidine rings is 1. The zero-order valence-electron chi connectivity index (χ0n) is 13.7. The Bertz CT molecular complexity index is 700. The van der Waals surface area contributed by atoms with Crippen molar-refractivity contribution in [2.45, 2.75) is 19.4 Å². The van der Waals surface area contributed by atoms with E-state index in [0.29, 0.717) is 11.3 Å². The van der Waals surface area contributed by atoms with Crippen LogP contribution in [-0.2, 0) is 6.54 Å². The van der Waals surface area contributed by atoms with Gasteiger partial charge in [-0.2, -0.15) is 5.10 Å². The normalized spacial score (nSPS) is 17.3. The molecule has 1 fully saturated rings. The van der Waals surface area contributed by atoms with Gasteiger partial charge in [0.2, 0.25) is 0 Å². The second-order valence-corrected chi connectivity index (χ2v) is 6.15. The molecule has 5 heteroatoms. The van der Waals surface area contributed by atoms with Crippen molar-refractivity contribution in [2.24, 2.45) is 5.10 Å². The van der Waals surface area contributed by atoms with Gasteiger partial charge in [0.05, 0.1) is 13.1 Å². The fraction of sp³-hybridized carbons (Fsp3) is 0.263. The van der Waals surface area contributed by atoms with Crippen LogP contribution in [0.15, 0.2) is 59.7 Å². The maximum atomic E-state index is 12.0. The highest BCUT2D eigenvalue weighted by Crippen LogP contribution is 2.05. The molecule has 1 aliphatic rings. The molecule has 0 atom stereocenters. The first kappa shape index (κ1) is 16.2. The average molecular weight is 323 g/mol. The fourth-order valence-corrected chi connectivity index (χ4v) is 2.89. The van der Waals surface area contributed by atoms with Crippen molar-refractivity contribution in [3.63, 3.8) is 0 Å². The van der Waals surface area contributed by atoms with E-state index in [1.54, 1.807) is 29.2 Å². The lowest BCUT2D eigenvalue weighted by Gasteiger charge is -2.24. The van der Waals surface area contributed by atoms with E-state index < -0.39 is 0 Å². The lowest BCUT2D eigenvalue weighted by Crippen LogP contribution is -3.11. The van der Waals surface area contributed by atoms with Crippen LogP contribution in [0.5, 0.6) is 0 Å². The van der Waals surface area contributed by atoms with Gasteiger partial charge in [0.1, 0.15) is 6.54 Å². The summed E-state index contributed by atoms with van der Waals surface area (Å²) in [6.07, 6.45) is 1.84. The molecule has 1 saturated heterocycles. The number of hydrazone groups is 1. The van der Waals surface area contributed by atoms with Gasteiger partial charge < -0.3 is 10.6 Å². The van der Waals surface area contributed by atoms with Crippen LogP contribution < -0.4 is 16.1 Å². The minimum absolute atomic E-state index is 0.193. The molecule has 0 unspecified atom stereocenters. The first-order valence-electron chi connectivity index (χ1n) is 8.29. The highest BCUT2D eigenvalue weighted by Gasteiger charge is 2.18. The SMILES string of the molecule is Nc1ccc(C(=O)NN=C2CC[NH+](Cc3ccccc3)CC2)cc1. The number of carbonyl (C=O) groups excluding carboxylic acids is 1. The van der Waals surface area contributed by atoms with Crippen molar-refractivity contribution in [2.75, 3.05) is 18.8 Å². The molecule has 4 N–H and O–H groups in total. The number of hydrogen-bond donors (Lipinski definition) is 3. The smallest absolute Gasteiger partial charge is 0.271 e. The first-order valence-corrected chi connectivity index (χ1v) is 8.29. The number of nitrogens with zero attached hydrogens (tertiary/aromatic N) is 1. The molecule has 5 nitrogen and oxygen atoms in total. The average Bonchev–Trinajstić information content (AvgIpc) is 2.62. The zero-order chi connectivity index (χ0) is 16.8. The fourth-order valence-electron chi connectivity index (χ4n) is 2.89. The van der Waals surface area contributed by atoms with Crippen LogP contribution >= 0.6 is 0 Å². The van der Waals surface area contributed by atoms with Crippen LogP contribution in [0, 0.1) is 0 Å². The molecule has 1 amide bonds. The lowest BCUT2D eigenvalue weighted by atomic mass is 10.1. The van der Waals surface area contributed by atoms with Crippen molar-refractivity contribution in [1.29, 1.82) is 0 Å². The number of nitrogens with two attached hydrogens (primary N) is 1. The Morgan fingerprint density at radius 3 is 2.38 bits per heavy atom. The monoisotopic (exact) mass is 323 g/mol. The third-order valence-electron chi connectivity index (χ3n) is 4.32. The Balaban J connectivity index is 1.48. The second-order valence-electron chi connectivity index (χ2n) is 6.15. The van der Waals surface area contributed by atoms with Crippen LogP contribution in [0.4, 0.5) is 5.69 Å². The molecule has 0 saturated carbocycles. The third kappa shape index (κ3) is 4.43. The molecule has 3 rings (SSSR count). The maximum absolute atomic E-state index is 12.0. The minimum Gasteiger partial charge on any atom is -0.399 e. The molecular weight excluding hydrogens is 300 g/mol. The number of nitrogens with one attached hydrogen (secondary N) is 2. The van der Waals surface area contributed by atoms with Gasteiger partial charge >= 0.3 is 0 Å². The van der Waals surface area contributed by atoms with Gasteiger partial charge in [0, 0.05) is 35.4 Å².